The van der Waals surface area contributed by atoms with Crippen molar-refractivity contribution in [2.45, 2.75) is 6.92 Å². The number of aryl methyl sites for hydroxylation is 1. The third-order valence-corrected chi connectivity index (χ3v) is 1.97. The number of hydrogen-bond donors (Lipinski definition) is 0. The summed E-state index contributed by atoms with van der Waals surface area (Å²) in [5, 5.41) is 0. The number of hydrogen-bond acceptors (Lipinski definition) is 2. The Bertz CT molecular complexity index is 453. The van der Waals surface area contributed by atoms with E-state index in [1.807, 2.05) is 37.3 Å². The standard InChI is InChI=1S/C12H10BNO/c1-9-3-2-4-12(14-9)15-11-7-5-10(13)6-8-11/h2-8H,1H3. The number of nitrogens with zero attached hydrogens (tertiary/aromatic N) is 1. The van der Waals surface area contributed by atoms with E-state index in [0.29, 0.717) is 5.88 Å². The Hall–Kier alpha value is -1.77. The van der Waals surface area contributed by atoms with Gasteiger partial charge in [-0.15, -0.1) is 0 Å². The van der Waals surface area contributed by atoms with Crippen molar-refractivity contribution in [1.29, 1.82) is 0 Å². The van der Waals surface area contributed by atoms with Gasteiger partial charge >= 0.3 is 0 Å². The molecule has 0 amide bonds. The zero-order valence-electron chi connectivity index (χ0n) is 8.47. The van der Waals surface area contributed by atoms with Gasteiger partial charge in [-0.1, -0.05) is 23.7 Å². The van der Waals surface area contributed by atoms with Gasteiger partial charge in [0, 0.05) is 11.8 Å². The normalized spacial score (nSPS) is 9.93. The van der Waals surface area contributed by atoms with Crippen molar-refractivity contribution in [3.63, 3.8) is 0 Å². The fourth-order valence-electron chi connectivity index (χ4n) is 1.23. The zero-order valence-corrected chi connectivity index (χ0v) is 8.47. The van der Waals surface area contributed by atoms with Gasteiger partial charge in [-0.25, -0.2) is 4.98 Å². The molecule has 0 saturated heterocycles. The lowest BCUT2D eigenvalue weighted by atomic mass is 9.97. The van der Waals surface area contributed by atoms with Crippen LogP contribution in [0.2, 0.25) is 0 Å². The minimum absolute atomic E-state index is 0.597. The number of pyridine rings is 1. The van der Waals surface area contributed by atoms with Crippen LogP contribution in [-0.4, -0.2) is 12.8 Å². The summed E-state index contributed by atoms with van der Waals surface area (Å²) in [6.45, 7) is 1.93. The molecule has 0 aliphatic carbocycles. The molecular formula is C12H10BNO. The van der Waals surface area contributed by atoms with E-state index in [-0.39, 0.29) is 0 Å². The van der Waals surface area contributed by atoms with Crippen molar-refractivity contribution in [2.75, 3.05) is 0 Å². The molecular weight excluding hydrogens is 185 g/mol. The second kappa shape index (κ2) is 4.17. The monoisotopic (exact) mass is 195 g/mol. The van der Waals surface area contributed by atoms with Gasteiger partial charge in [0.1, 0.15) is 13.6 Å². The lowest BCUT2D eigenvalue weighted by Crippen LogP contribution is -1.99. The fourth-order valence-corrected chi connectivity index (χ4v) is 1.23. The first-order valence-electron chi connectivity index (χ1n) is 4.71. The topological polar surface area (TPSA) is 22.1 Å². The van der Waals surface area contributed by atoms with Crippen LogP contribution >= 0.6 is 0 Å². The van der Waals surface area contributed by atoms with Crippen LogP contribution in [0.3, 0.4) is 0 Å². The van der Waals surface area contributed by atoms with Gasteiger partial charge in [-0.3, -0.25) is 0 Å². The quantitative estimate of drug-likeness (QED) is 0.683. The largest absolute Gasteiger partial charge is 0.439 e. The van der Waals surface area contributed by atoms with Crippen LogP contribution in [0.5, 0.6) is 11.6 Å². The molecule has 0 fully saturated rings. The predicted molar refractivity (Wildman–Crippen MR) is 60.9 cm³/mol. The van der Waals surface area contributed by atoms with E-state index in [4.69, 9.17) is 12.6 Å². The number of ether oxygens (including phenoxy) is 1. The first-order valence-corrected chi connectivity index (χ1v) is 4.71. The Kier molecular flexibility index (Phi) is 2.72. The van der Waals surface area contributed by atoms with Crippen LogP contribution in [0.1, 0.15) is 5.69 Å². The third-order valence-electron chi connectivity index (χ3n) is 1.97. The highest BCUT2D eigenvalue weighted by atomic mass is 16.5. The smallest absolute Gasteiger partial charge is 0.219 e. The molecule has 0 aliphatic heterocycles. The van der Waals surface area contributed by atoms with E-state index in [2.05, 4.69) is 4.98 Å². The minimum atomic E-state index is 0.597. The molecule has 0 N–H and O–H groups in total. The van der Waals surface area contributed by atoms with Gasteiger partial charge in [-0.2, -0.15) is 0 Å². The number of rotatable bonds is 2. The summed E-state index contributed by atoms with van der Waals surface area (Å²) in [4.78, 5) is 4.24. The summed E-state index contributed by atoms with van der Waals surface area (Å²) in [6, 6.07) is 12.9. The molecule has 72 valence electrons. The average Bonchev–Trinajstić information content (AvgIpc) is 2.22. The molecule has 0 aliphatic rings. The Labute approximate surface area is 90.3 Å². The zero-order chi connectivity index (χ0) is 10.7. The number of benzene rings is 1. The Morgan fingerprint density at radius 3 is 2.47 bits per heavy atom. The Morgan fingerprint density at radius 1 is 1.07 bits per heavy atom. The second-order valence-corrected chi connectivity index (χ2v) is 3.29. The molecule has 2 rings (SSSR count). The van der Waals surface area contributed by atoms with E-state index in [0.717, 1.165) is 16.9 Å². The summed E-state index contributed by atoms with van der Waals surface area (Å²) in [7, 11) is 5.57. The van der Waals surface area contributed by atoms with Crippen LogP contribution in [0, 0.1) is 6.92 Å². The summed E-state index contributed by atoms with van der Waals surface area (Å²) in [5.41, 5.74) is 1.66. The minimum Gasteiger partial charge on any atom is -0.439 e. The fraction of sp³-hybridized carbons (Fsp3) is 0.0833. The Balaban J connectivity index is 2.18. The van der Waals surface area contributed by atoms with Crippen LogP contribution in [-0.2, 0) is 0 Å². The molecule has 0 unspecified atom stereocenters. The van der Waals surface area contributed by atoms with Gasteiger partial charge in [0.2, 0.25) is 5.88 Å². The lowest BCUT2D eigenvalue weighted by molar-refractivity contribution is 0.462. The highest BCUT2D eigenvalue weighted by molar-refractivity contribution is 6.32. The van der Waals surface area contributed by atoms with Gasteiger partial charge < -0.3 is 4.74 Å². The summed E-state index contributed by atoms with van der Waals surface area (Å²) < 4.78 is 5.55. The molecule has 2 aromatic rings. The predicted octanol–water partition coefficient (Wildman–Crippen LogP) is 1.98. The maximum atomic E-state index is 5.57. The van der Waals surface area contributed by atoms with Crippen molar-refractivity contribution in [3.05, 3.63) is 48.2 Å². The van der Waals surface area contributed by atoms with Gasteiger partial charge in [0.15, 0.2) is 0 Å². The molecule has 15 heavy (non-hydrogen) atoms. The molecule has 1 heterocycles. The van der Waals surface area contributed by atoms with Crippen molar-refractivity contribution in [3.8, 4) is 11.6 Å². The van der Waals surface area contributed by atoms with E-state index in [9.17, 15) is 0 Å². The van der Waals surface area contributed by atoms with Crippen molar-refractivity contribution >= 4 is 13.3 Å². The highest BCUT2D eigenvalue weighted by Gasteiger charge is 1.97. The van der Waals surface area contributed by atoms with Crippen LogP contribution in [0.4, 0.5) is 0 Å². The lowest BCUT2D eigenvalue weighted by Gasteiger charge is -2.05. The first-order chi connectivity index (χ1) is 7.24. The van der Waals surface area contributed by atoms with Gasteiger partial charge in [0.05, 0.1) is 0 Å². The summed E-state index contributed by atoms with van der Waals surface area (Å²) >= 11 is 0. The maximum Gasteiger partial charge on any atom is 0.219 e. The highest BCUT2D eigenvalue weighted by Crippen LogP contribution is 2.17. The molecule has 0 atom stereocenters. The number of aromatic nitrogens is 1. The van der Waals surface area contributed by atoms with E-state index < -0.39 is 0 Å². The van der Waals surface area contributed by atoms with Crippen LogP contribution in [0.25, 0.3) is 0 Å². The van der Waals surface area contributed by atoms with E-state index in [1.54, 1.807) is 12.1 Å². The van der Waals surface area contributed by atoms with Crippen LogP contribution in [0.15, 0.2) is 42.5 Å². The van der Waals surface area contributed by atoms with Crippen molar-refractivity contribution < 1.29 is 4.74 Å². The van der Waals surface area contributed by atoms with Crippen molar-refractivity contribution in [2.24, 2.45) is 0 Å². The van der Waals surface area contributed by atoms with Crippen molar-refractivity contribution in [1.82, 2.24) is 4.98 Å². The first kappa shape index (κ1) is 9.78. The maximum absolute atomic E-state index is 5.57. The second-order valence-electron chi connectivity index (χ2n) is 3.29. The van der Waals surface area contributed by atoms with Gasteiger partial charge in [0.25, 0.3) is 0 Å². The SMILES string of the molecule is [B]c1ccc(Oc2cccc(C)n2)cc1. The molecule has 1 aromatic carbocycles. The van der Waals surface area contributed by atoms with E-state index in [1.165, 1.54) is 0 Å². The van der Waals surface area contributed by atoms with E-state index >= 15 is 0 Å². The molecule has 0 saturated carbocycles. The molecule has 2 nitrogen and oxygen atoms in total. The molecule has 3 heteroatoms. The molecule has 0 spiro atoms. The summed E-state index contributed by atoms with van der Waals surface area (Å²) in [5.74, 6) is 1.34. The Morgan fingerprint density at radius 2 is 1.80 bits per heavy atom. The average molecular weight is 195 g/mol. The summed E-state index contributed by atoms with van der Waals surface area (Å²) in [6.07, 6.45) is 0. The van der Waals surface area contributed by atoms with Crippen LogP contribution < -0.4 is 10.2 Å². The van der Waals surface area contributed by atoms with Gasteiger partial charge in [-0.05, 0) is 25.1 Å². The molecule has 0 bridgehead atoms. The molecule has 2 radical (unpaired) electrons. The molecule has 1 aromatic heterocycles. The third kappa shape index (κ3) is 2.59.